The Labute approximate surface area is 240 Å². The number of nitrogen functional groups attached to an aromatic ring is 1. The number of aliphatic hydroxyl groups is 1. The van der Waals surface area contributed by atoms with Crippen LogP contribution in [0.4, 0.5) is 5.69 Å². The summed E-state index contributed by atoms with van der Waals surface area (Å²) >= 11 is 6.08. The minimum Gasteiger partial charge on any atom is -0.398 e. The number of sulfonamides is 1. The molecule has 0 saturated carbocycles. The van der Waals surface area contributed by atoms with E-state index in [4.69, 9.17) is 23.1 Å². The van der Waals surface area contributed by atoms with Gasteiger partial charge in [-0.25, -0.2) is 8.42 Å². The molecule has 0 saturated heterocycles. The number of fused-ring (bicyclic) bond motifs is 1. The SMILES string of the molecule is CC(C)CN(C(CO)CCCCNC(=O)C(C(N)=O)c1cccc2ccccc12)S(=O)(=O)c1ccc(N)c(Cl)c1. The van der Waals surface area contributed by atoms with Gasteiger partial charge in [0.2, 0.25) is 21.8 Å². The summed E-state index contributed by atoms with van der Waals surface area (Å²) in [5, 5.41) is 14.7. The lowest BCUT2D eigenvalue weighted by molar-refractivity contribution is -0.129. The van der Waals surface area contributed by atoms with Crippen LogP contribution >= 0.6 is 11.6 Å². The molecule has 2 atom stereocenters. The Kier molecular flexibility index (Phi) is 10.9. The molecule has 6 N–H and O–H groups in total. The number of nitrogens with two attached hydrogens (primary N) is 2. The Hall–Kier alpha value is -3.18. The van der Waals surface area contributed by atoms with Crippen LogP contribution in [0.15, 0.2) is 65.6 Å². The van der Waals surface area contributed by atoms with Crippen molar-refractivity contribution in [3.05, 3.63) is 71.2 Å². The van der Waals surface area contributed by atoms with Crippen LogP contribution in [0.2, 0.25) is 5.02 Å². The summed E-state index contributed by atoms with van der Waals surface area (Å²) in [6.07, 6.45) is 1.39. The van der Waals surface area contributed by atoms with E-state index in [1.54, 1.807) is 12.1 Å². The average Bonchev–Trinajstić information content (AvgIpc) is 2.91. The molecule has 0 radical (unpaired) electrons. The molecule has 9 nitrogen and oxygen atoms in total. The van der Waals surface area contributed by atoms with E-state index in [-0.39, 0.29) is 41.2 Å². The summed E-state index contributed by atoms with van der Waals surface area (Å²) in [6.45, 7) is 3.89. The molecule has 0 aliphatic heterocycles. The normalized spacial score (nSPS) is 13.4. The first-order chi connectivity index (χ1) is 19.0. The lowest BCUT2D eigenvalue weighted by Gasteiger charge is -2.31. The van der Waals surface area contributed by atoms with E-state index < -0.39 is 33.8 Å². The fraction of sp³-hybridized carbons (Fsp3) is 0.379. The van der Waals surface area contributed by atoms with Crippen molar-refractivity contribution in [2.45, 2.75) is 50.0 Å². The number of hydrogen-bond donors (Lipinski definition) is 4. The van der Waals surface area contributed by atoms with Gasteiger partial charge in [0.15, 0.2) is 0 Å². The molecule has 11 heteroatoms. The summed E-state index contributed by atoms with van der Waals surface area (Å²) in [4.78, 5) is 25.3. The number of benzene rings is 3. The third kappa shape index (κ3) is 7.51. The van der Waals surface area contributed by atoms with Gasteiger partial charge in [-0.2, -0.15) is 4.31 Å². The van der Waals surface area contributed by atoms with Crippen LogP contribution in [0.5, 0.6) is 0 Å². The molecule has 3 aromatic carbocycles. The van der Waals surface area contributed by atoms with Crippen molar-refractivity contribution in [2.75, 3.05) is 25.4 Å². The van der Waals surface area contributed by atoms with Crippen molar-refractivity contribution >= 4 is 49.9 Å². The van der Waals surface area contributed by atoms with Crippen LogP contribution in [0.25, 0.3) is 10.8 Å². The molecule has 0 aliphatic rings. The van der Waals surface area contributed by atoms with E-state index in [9.17, 15) is 23.1 Å². The molecule has 0 fully saturated rings. The van der Waals surface area contributed by atoms with Gasteiger partial charge >= 0.3 is 0 Å². The second kappa shape index (κ2) is 13.9. The van der Waals surface area contributed by atoms with Crippen molar-refractivity contribution in [2.24, 2.45) is 11.7 Å². The zero-order valence-electron chi connectivity index (χ0n) is 22.7. The Morgan fingerprint density at radius 1 is 1.05 bits per heavy atom. The molecule has 0 spiro atoms. The number of anilines is 1. The van der Waals surface area contributed by atoms with Crippen LogP contribution < -0.4 is 16.8 Å². The van der Waals surface area contributed by atoms with Crippen LogP contribution in [0.3, 0.4) is 0 Å². The van der Waals surface area contributed by atoms with Crippen molar-refractivity contribution in [1.29, 1.82) is 0 Å². The highest BCUT2D eigenvalue weighted by Crippen LogP contribution is 2.28. The number of nitrogens with one attached hydrogen (secondary N) is 1. The van der Waals surface area contributed by atoms with Gasteiger partial charge in [0, 0.05) is 19.1 Å². The highest BCUT2D eigenvalue weighted by molar-refractivity contribution is 7.89. The maximum absolute atomic E-state index is 13.5. The van der Waals surface area contributed by atoms with Gasteiger partial charge < -0.3 is 21.9 Å². The second-order valence-corrected chi connectivity index (χ2v) is 12.5. The molecular formula is C29H37ClN4O5S. The quantitative estimate of drug-likeness (QED) is 0.128. The Morgan fingerprint density at radius 3 is 2.40 bits per heavy atom. The van der Waals surface area contributed by atoms with Crippen molar-refractivity contribution < 1.29 is 23.1 Å². The maximum Gasteiger partial charge on any atom is 0.243 e. The summed E-state index contributed by atoms with van der Waals surface area (Å²) in [7, 11) is -3.96. The number of aliphatic hydroxyl groups excluding tert-OH is 1. The molecule has 0 heterocycles. The minimum absolute atomic E-state index is 0.00370. The van der Waals surface area contributed by atoms with Gasteiger partial charge in [0.25, 0.3) is 0 Å². The number of hydrogen-bond acceptors (Lipinski definition) is 6. The third-order valence-electron chi connectivity index (χ3n) is 6.69. The predicted molar refractivity (Wildman–Crippen MR) is 158 cm³/mol. The predicted octanol–water partition coefficient (Wildman–Crippen LogP) is 3.64. The fourth-order valence-corrected chi connectivity index (χ4v) is 6.76. The highest BCUT2D eigenvalue weighted by Gasteiger charge is 2.32. The number of nitrogens with zero attached hydrogens (tertiary/aromatic N) is 1. The Bertz CT molecular complexity index is 1440. The van der Waals surface area contributed by atoms with Crippen molar-refractivity contribution in [3.8, 4) is 0 Å². The lowest BCUT2D eigenvalue weighted by atomic mass is 9.92. The zero-order chi connectivity index (χ0) is 29.4. The molecule has 3 rings (SSSR count). The average molecular weight is 589 g/mol. The zero-order valence-corrected chi connectivity index (χ0v) is 24.3. The number of primary amides is 1. The van der Waals surface area contributed by atoms with Crippen LogP contribution in [-0.4, -0.2) is 55.4 Å². The number of carbonyl (C=O) groups excluding carboxylic acids is 2. The first kappa shape index (κ1) is 31.3. The van der Waals surface area contributed by atoms with Gasteiger partial charge in [-0.15, -0.1) is 0 Å². The molecule has 0 aromatic heterocycles. The van der Waals surface area contributed by atoms with Gasteiger partial charge in [-0.3, -0.25) is 9.59 Å². The van der Waals surface area contributed by atoms with Crippen molar-refractivity contribution in [1.82, 2.24) is 9.62 Å². The van der Waals surface area contributed by atoms with E-state index in [0.717, 1.165) is 10.8 Å². The fourth-order valence-electron chi connectivity index (χ4n) is 4.68. The Morgan fingerprint density at radius 2 is 1.75 bits per heavy atom. The summed E-state index contributed by atoms with van der Waals surface area (Å²) in [5.74, 6) is -2.37. The van der Waals surface area contributed by atoms with Crippen LogP contribution in [0.1, 0.15) is 44.6 Å². The molecule has 216 valence electrons. The van der Waals surface area contributed by atoms with Gasteiger partial charge in [-0.05, 0) is 53.3 Å². The highest BCUT2D eigenvalue weighted by atomic mass is 35.5. The first-order valence-corrected chi connectivity index (χ1v) is 15.0. The molecule has 2 unspecified atom stereocenters. The van der Waals surface area contributed by atoms with E-state index in [0.29, 0.717) is 24.8 Å². The van der Waals surface area contributed by atoms with Gasteiger partial charge in [0.05, 0.1) is 22.2 Å². The molecule has 0 aliphatic carbocycles. The van der Waals surface area contributed by atoms with E-state index in [1.165, 1.54) is 22.5 Å². The first-order valence-electron chi connectivity index (χ1n) is 13.2. The largest absolute Gasteiger partial charge is 0.398 e. The Balaban J connectivity index is 1.65. The lowest BCUT2D eigenvalue weighted by Crippen LogP contribution is -2.44. The van der Waals surface area contributed by atoms with Gasteiger partial charge in [-0.1, -0.05) is 74.3 Å². The second-order valence-electron chi connectivity index (χ2n) is 10.2. The number of rotatable bonds is 14. The number of unbranched alkanes of at least 4 members (excludes halogenated alkanes) is 1. The molecular weight excluding hydrogens is 552 g/mol. The molecule has 40 heavy (non-hydrogen) atoms. The molecule has 2 amide bonds. The molecule has 3 aromatic rings. The maximum atomic E-state index is 13.5. The third-order valence-corrected chi connectivity index (χ3v) is 8.93. The summed E-state index contributed by atoms with van der Waals surface area (Å²) in [6, 6.07) is 16.4. The van der Waals surface area contributed by atoms with Crippen molar-refractivity contribution in [3.63, 3.8) is 0 Å². The molecule has 0 bridgehead atoms. The number of carbonyl (C=O) groups is 2. The summed E-state index contributed by atoms with van der Waals surface area (Å²) in [5.41, 5.74) is 12.2. The van der Waals surface area contributed by atoms with Crippen LogP contribution in [0, 0.1) is 5.92 Å². The van der Waals surface area contributed by atoms with E-state index >= 15 is 0 Å². The summed E-state index contributed by atoms with van der Waals surface area (Å²) < 4.78 is 28.3. The monoisotopic (exact) mass is 588 g/mol. The number of amides is 2. The standard InChI is InChI=1S/C29H37ClN4O5S/c1-19(2)17-34(40(38,39)22-13-14-26(31)25(30)16-22)21(18-35)10-5-6-15-33-29(37)27(28(32)36)24-12-7-9-20-8-3-4-11-23(20)24/h3-4,7-9,11-14,16,19,21,27,35H,5-6,10,15,17-18,31H2,1-2H3,(H2,32,36)(H,33,37). The number of halogens is 1. The van der Waals surface area contributed by atoms with Gasteiger partial charge in [0.1, 0.15) is 5.92 Å². The van der Waals surface area contributed by atoms with E-state index in [2.05, 4.69) is 5.32 Å². The minimum atomic E-state index is -3.96. The van der Waals surface area contributed by atoms with E-state index in [1.807, 2.05) is 44.2 Å². The smallest absolute Gasteiger partial charge is 0.243 e. The van der Waals surface area contributed by atoms with Crippen LogP contribution in [-0.2, 0) is 19.6 Å². The topological polar surface area (TPSA) is 156 Å².